The number of hydrogen-bond acceptors (Lipinski definition) is 8. The molecule has 0 radical (unpaired) electrons. The SMILES string of the molecule is CCOC(=O)C1=C(C)N=c2s/c(=C\c3ccc(OCc4ccc(Cl)cc4)cc3)c(=O)n2[C@H]1c1ccc2c(c1)OCO2. The van der Waals surface area contributed by atoms with Crippen molar-refractivity contribution in [2.24, 2.45) is 4.99 Å². The molecule has 2 aliphatic heterocycles. The predicted molar refractivity (Wildman–Crippen MR) is 155 cm³/mol. The Morgan fingerprint density at radius 2 is 1.85 bits per heavy atom. The Hall–Kier alpha value is -4.34. The number of hydrogen-bond donors (Lipinski definition) is 0. The molecule has 0 spiro atoms. The van der Waals surface area contributed by atoms with E-state index < -0.39 is 12.0 Å². The van der Waals surface area contributed by atoms with Crippen LogP contribution in [0.15, 0.2) is 87.8 Å². The normalized spacial score (nSPS) is 15.9. The minimum atomic E-state index is -0.731. The van der Waals surface area contributed by atoms with Crippen molar-refractivity contribution in [2.45, 2.75) is 26.5 Å². The summed E-state index contributed by atoms with van der Waals surface area (Å²) in [5, 5.41) is 0.679. The van der Waals surface area contributed by atoms with E-state index in [0.29, 0.717) is 55.0 Å². The molecule has 0 amide bonds. The van der Waals surface area contributed by atoms with Gasteiger partial charge >= 0.3 is 5.97 Å². The molecule has 0 fully saturated rings. The molecular weight excluding hydrogens is 564 g/mol. The number of allylic oxidation sites excluding steroid dienone is 1. The summed E-state index contributed by atoms with van der Waals surface area (Å²) >= 11 is 7.22. The molecule has 0 bridgehead atoms. The third kappa shape index (κ3) is 5.38. The van der Waals surface area contributed by atoms with Crippen molar-refractivity contribution < 1.29 is 23.7 Å². The summed E-state index contributed by atoms with van der Waals surface area (Å²) in [6.45, 7) is 4.23. The Bertz CT molecular complexity index is 1840. The number of thiazole rings is 1. The highest BCUT2D eigenvalue weighted by Gasteiger charge is 2.34. The zero-order valence-electron chi connectivity index (χ0n) is 22.3. The van der Waals surface area contributed by atoms with Crippen molar-refractivity contribution >= 4 is 35.0 Å². The average Bonchev–Trinajstić information content (AvgIpc) is 3.56. The number of fused-ring (bicyclic) bond motifs is 2. The van der Waals surface area contributed by atoms with Crippen LogP contribution >= 0.6 is 22.9 Å². The van der Waals surface area contributed by atoms with Crippen LogP contribution in [0, 0.1) is 0 Å². The maximum absolute atomic E-state index is 13.8. The zero-order valence-corrected chi connectivity index (χ0v) is 23.8. The molecule has 2 aliphatic rings. The van der Waals surface area contributed by atoms with Gasteiger partial charge in [0.05, 0.1) is 28.5 Å². The van der Waals surface area contributed by atoms with E-state index in [0.717, 1.165) is 11.1 Å². The van der Waals surface area contributed by atoms with Crippen LogP contribution in [-0.4, -0.2) is 23.9 Å². The van der Waals surface area contributed by atoms with Gasteiger partial charge < -0.3 is 18.9 Å². The lowest BCUT2D eigenvalue weighted by Gasteiger charge is -2.24. The molecule has 41 heavy (non-hydrogen) atoms. The molecule has 208 valence electrons. The lowest BCUT2D eigenvalue weighted by molar-refractivity contribution is -0.139. The smallest absolute Gasteiger partial charge is 0.338 e. The van der Waals surface area contributed by atoms with Gasteiger partial charge in [0.1, 0.15) is 12.4 Å². The molecule has 0 unspecified atom stereocenters. The molecule has 4 aromatic rings. The third-order valence-corrected chi connectivity index (χ3v) is 7.96. The first kappa shape index (κ1) is 26.9. The van der Waals surface area contributed by atoms with E-state index in [1.807, 2.05) is 60.7 Å². The fourth-order valence-corrected chi connectivity index (χ4v) is 5.92. The van der Waals surface area contributed by atoms with Crippen molar-refractivity contribution in [2.75, 3.05) is 13.4 Å². The monoisotopic (exact) mass is 588 g/mol. The topological polar surface area (TPSA) is 88.4 Å². The Kier molecular flexibility index (Phi) is 7.38. The molecule has 3 aromatic carbocycles. The maximum atomic E-state index is 13.8. The number of halogens is 1. The molecule has 0 saturated heterocycles. The number of carbonyl (C=O) groups excluding carboxylic acids is 1. The van der Waals surface area contributed by atoms with Gasteiger partial charge in [0, 0.05) is 5.02 Å². The molecule has 0 N–H and O–H groups in total. The van der Waals surface area contributed by atoms with E-state index in [9.17, 15) is 9.59 Å². The first-order valence-electron chi connectivity index (χ1n) is 13.0. The van der Waals surface area contributed by atoms with Gasteiger partial charge in [-0.3, -0.25) is 9.36 Å². The first-order valence-corrected chi connectivity index (χ1v) is 14.2. The molecule has 0 saturated carbocycles. The highest BCUT2D eigenvalue weighted by molar-refractivity contribution is 7.07. The second-order valence-electron chi connectivity index (χ2n) is 9.40. The molecule has 0 aliphatic carbocycles. The highest BCUT2D eigenvalue weighted by Crippen LogP contribution is 2.38. The lowest BCUT2D eigenvalue weighted by Crippen LogP contribution is -2.39. The number of benzene rings is 3. The van der Waals surface area contributed by atoms with Gasteiger partial charge in [0.2, 0.25) is 6.79 Å². The van der Waals surface area contributed by atoms with E-state index in [1.54, 1.807) is 30.5 Å². The molecule has 6 rings (SSSR count). The number of rotatable bonds is 7. The van der Waals surface area contributed by atoms with Gasteiger partial charge in [0.25, 0.3) is 5.56 Å². The highest BCUT2D eigenvalue weighted by atomic mass is 35.5. The van der Waals surface area contributed by atoms with Gasteiger partial charge in [-0.2, -0.15) is 0 Å². The van der Waals surface area contributed by atoms with Crippen LogP contribution in [0.1, 0.15) is 36.6 Å². The van der Waals surface area contributed by atoms with Crippen LogP contribution in [0.25, 0.3) is 6.08 Å². The molecule has 8 nitrogen and oxygen atoms in total. The fraction of sp³-hybridized carbons (Fsp3) is 0.194. The van der Waals surface area contributed by atoms with Crippen molar-refractivity contribution in [3.05, 3.63) is 119 Å². The molecule has 10 heteroatoms. The van der Waals surface area contributed by atoms with Crippen LogP contribution in [0.5, 0.6) is 17.2 Å². The minimum absolute atomic E-state index is 0.117. The average molecular weight is 589 g/mol. The van der Waals surface area contributed by atoms with E-state index in [4.69, 9.17) is 30.5 Å². The maximum Gasteiger partial charge on any atom is 0.338 e. The van der Waals surface area contributed by atoms with E-state index in [1.165, 1.54) is 11.3 Å². The van der Waals surface area contributed by atoms with Gasteiger partial charge in [0.15, 0.2) is 16.3 Å². The fourth-order valence-electron chi connectivity index (χ4n) is 4.75. The van der Waals surface area contributed by atoms with E-state index in [2.05, 4.69) is 4.99 Å². The second-order valence-corrected chi connectivity index (χ2v) is 10.8. The number of aromatic nitrogens is 1. The van der Waals surface area contributed by atoms with Gasteiger partial charge in [-0.25, -0.2) is 9.79 Å². The van der Waals surface area contributed by atoms with Crippen LogP contribution < -0.4 is 29.1 Å². The largest absolute Gasteiger partial charge is 0.489 e. The van der Waals surface area contributed by atoms with Crippen LogP contribution in [0.3, 0.4) is 0 Å². The first-order chi connectivity index (χ1) is 19.9. The zero-order chi connectivity index (χ0) is 28.5. The van der Waals surface area contributed by atoms with Crippen LogP contribution in [0.4, 0.5) is 0 Å². The third-order valence-electron chi connectivity index (χ3n) is 6.73. The van der Waals surface area contributed by atoms with E-state index >= 15 is 0 Å². The van der Waals surface area contributed by atoms with Crippen LogP contribution in [-0.2, 0) is 16.1 Å². The lowest BCUT2D eigenvalue weighted by atomic mass is 9.95. The standard InChI is InChI=1S/C31H25ClN2O6S/c1-3-37-30(36)27-18(2)33-31-34(28(27)21-8-13-24-25(15-21)40-17-39-24)29(35)26(41-31)14-19-6-11-23(12-7-19)38-16-20-4-9-22(32)10-5-20/h4-15,28H,3,16-17H2,1-2H3/b26-14-/t28-/m0/s1. The minimum Gasteiger partial charge on any atom is -0.489 e. The number of esters is 1. The second kappa shape index (κ2) is 11.3. The number of nitrogens with zero attached hydrogens (tertiary/aromatic N) is 2. The van der Waals surface area contributed by atoms with E-state index in [-0.39, 0.29) is 19.0 Å². The quantitative estimate of drug-likeness (QED) is 0.289. The van der Waals surface area contributed by atoms with Crippen molar-refractivity contribution in [3.8, 4) is 17.2 Å². The summed E-state index contributed by atoms with van der Waals surface area (Å²) in [5.74, 6) is 1.36. The van der Waals surface area contributed by atoms with Crippen molar-refractivity contribution in [1.29, 1.82) is 0 Å². The summed E-state index contributed by atoms with van der Waals surface area (Å²) < 4.78 is 24.3. The Morgan fingerprint density at radius 1 is 1.10 bits per heavy atom. The van der Waals surface area contributed by atoms with Crippen LogP contribution in [0.2, 0.25) is 5.02 Å². The number of carbonyl (C=O) groups is 1. The summed E-state index contributed by atoms with van der Waals surface area (Å²) in [7, 11) is 0. The van der Waals surface area contributed by atoms with Gasteiger partial charge in [-0.05, 0) is 73.0 Å². The van der Waals surface area contributed by atoms with Crippen molar-refractivity contribution in [1.82, 2.24) is 4.57 Å². The summed E-state index contributed by atoms with van der Waals surface area (Å²) in [6.07, 6.45) is 1.81. The Morgan fingerprint density at radius 3 is 2.61 bits per heavy atom. The molecule has 1 aromatic heterocycles. The Labute approximate surface area is 244 Å². The van der Waals surface area contributed by atoms with Crippen molar-refractivity contribution in [3.63, 3.8) is 0 Å². The molecular formula is C31H25ClN2O6S. The predicted octanol–water partition coefficient (Wildman–Crippen LogP) is 4.76. The Balaban J connectivity index is 1.35. The summed E-state index contributed by atoms with van der Waals surface area (Å²) in [6, 6.07) is 19.7. The number of ether oxygens (including phenoxy) is 4. The van der Waals surface area contributed by atoms with Gasteiger partial charge in [-0.1, -0.05) is 53.3 Å². The molecule has 3 heterocycles. The summed E-state index contributed by atoms with van der Waals surface area (Å²) in [4.78, 5) is 32.1. The van der Waals surface area contributed by atoms with Gasteiger partial charge in [-0.15, -0.1) is 0 Å². The summed E-state index contributed by atoms with van der Waals surface area (Å²) in [5.41, 5.74) is 3.09. The molecule has 1 atom stereocenters.